The molecule has 138 valence electrons. The van der Waals surface area contributed by atoms with Gasteiger partial charge in [0, 0.05) is 24.8 Å². The van der Waals surface area contributed by atoms with Crippen molar-refractivity contribution in [2.45, 2.75) is 45.6 Å². The molecule has 5 nitrogen and oxygen atoms in total. The van der Waals surface area contributed by atoms with Crippen molar-refractivity contribution < 1.29 is 9.53 Å². The number of hydrogen-bond acceptors (Lipinski definition) is 3. The second-order valence-corrected chi connectivity index (χ2v) is 6.56. The molecular formula is C21H26N2O3. The first-order chi connectivity index (χ1) is 12.7. The zero-order valence-corrected chi connectivity index (χ0v) is 15.3. The molecule has 0 atom stereocenters. The first-order valence-electron chi connectivity index (χ1n) is 9.42. The van der Waals surface area contributed by atoms with Crippen molar-refractivity contribution in [3.8, 4) is 5.75 Å². The number of aromatic nitrogens is 1. The molecule has 0 unspecified atom stereocenters. The van der Waals surface area contributed by atoms with Crippen LogP contribution < -0.4 is 15.6 Å². The highest BCUT2D eigenvalue weighted by atomic mass is 16.5. The summed E-state index contributed by atoms with van der Waals surface area (Å²) < 4.78 is 7.33. The number of rotatable bonds is 7. The number of fused-ring (bicyclic) bond motifs is 1. The molecule has 0 fully saturated rings. The summed E-state index contributed by atoms with van der Waals surface area (Å²) in [5.41, 5.74) is 2.53. The Labute approximate surface area is 154 Å². The molecule has 0 saturated heterocycles. The molecule has 0 saturated carbocycles. The fourth-order valence-corrected chi connectivity index (χ4v) is 3.48. The van der Waals surface area contributed by atoms with Crippen LogP contribution in [0.1, 0.15) is 47.8 Å². The van der Waals surface area contributed by atoms with E-state index in [4.69, 9.17) is 4.74 Å². The largest absolute Gasteiger partial charge is 0.493 e. The van der Waals surface area contributed by atoms with Crippen LogP contribution in [0.3, 0.4) is 0 Å². The lowest BCUT2D eigenvalue weighted by Gasteiger charge is -2.23. The number of nitrogens with zero attached hydrogens (tertiary/aromatic N) is 1. The van der Waals surface area contributed by atoms with Crippen LogP contribution in [-0.4, -0.2) is 23.6 Å². The molecular weight excluding hydrogens is 328 g/mol. The maximum Gasteiger partial charge on any atom is 0.256 e. The van der Waals surface area contributed by atoms with Crippen LogP contribution in [0.5, 0.6) is 5.75 Å². The van der Waals surface area contributed by atoms with Crippen LogP contribution in [0, 0.1) is 0 Å². The Morgan fingerprint density at radius 3 is 2.81 bits per heavy atom. The van der Waals surface area contributed by atoms with Gasteiger partial charge < -0.3 is 14.6 Å². The van der Waals surface area contributed by atoms with E-state index < -0.39 is 0 Å². The molecule has 1 amide bonds. The van der Waals surface area contributed by atoms with Crippen molar-refractivity contribution >= 4 is 5.91 Å². The second-order valence-electron chi connectivity index (χ2n) is 6.56. The molecule has 26 heavy (non-hydrogen) atoms. The van der Waals surface area contributed by atoms with E-state index in [0.29, 0.717) is 31.0 Å². The fourth-order valence-electron chi connectivity index (χ4n) is 3.48. The monoisotopic (exact) mass is 354 g/mol. The fraction of sp³-hybridized carbons (Fsp3) is 0.429. The Kier molecular flexibility index (Phi) is 6.10. The average molecular weight is 354 g/mol. The zero-order chi connectivity index (χ0) is 18.4. The highest BCUT2D eigenvalue weighted by Crippen LogP contribution is 2.25. The lowest BCUT2D eigenvalue weighted by atomic mass is 10.0. The van der Waals surface area contributed by atoms with E-state index in [1.807, 2.05) is 25.1 Å². The Hall–Kier alpha value is -2.56. The SMILES string of the molecule is CCOc1cc(=O)n2c(c1C(=O)NCCCc1ccccc1)CCCC2. The quantitative estimate of drug-likeness (QED) is 0.778. The summed E-state index contributed by atoms with van der Waals surface area (Å²) in [5.74, 6) is 0.262. The second kappa shape index (κ2) is 8.70. The smallest absolute Gasteiger partial charge is 0.256 e. The maximum atomic E-state index is 12.8. The maximum absolute atomic E-state index is 12.8. The molecule has 1 aliphatic heterocycles. The van der Waals surface area contributed by atoms with Gasteiger partial charge >= 0.3 is 0 Å². The molecule has 1 aliphatic rings. The van der Waals surface area contributed by atoms with Crippen molar-refractivity contribution in [2.75, 3.05) is 13.2 Å². The minimum atomic E-state index is -0.146. The average Bonchev–Trinajstić information content (AvgIpc) is 2.66. The molecule has 3 rings (SSSR count). The number of benzene rings is 1. The van der Waals surface area contributed by atoms with Gasteiger partial charge in [0.2, 0.25) is 0 Å². The van der Waals surface area contributed by atoms with Gasteiger partial charge in [-0.15, -0.1) is 0 Å². The summed E-state index contributed by atoms with van der Waals surface area (Å²) in [4.78, 5) is 25.1. The lowest BCUT2D eigenvalue weighted by Crippen LogP contribution is -2.33. The van der Waals surface area contributed by atoms with Gasteiger partial charge in [0.05, 0.1) is 6.61 Å². The van der Waals surface area contributed by atoms with E-state index in [1.54, 1.807) is 4.57 Å². The standard InChI is InChI=1S/C21H26N2O3/c1-2-26-18-15-19(24)23-14-7-6-12-17(23)20(18)21(25)22-13-8-11-16-9-4-3-5-10-16/h3-5,9-10,15H,2,6-8,11-14H2,1H3,(H,22,25). The third-order valence-electron chi connectivity index (χ3n) is 4.72. The van der Waals surface area contributed by atoms with Crippen LogP contribution >= 0.6 is 0 Å². The van der Waals surface area contributed by atoms with Gasteiger partial charge in [-0.3, -0.25) is 9.59 Å². The van der Waals surface area contributed by atoms with Gasteiger partial charge in [0.25, 0.3) is 11.5 Å². The summed E-state index contributed by atoms with van der Waals surface area (Å²) in [5, 5.41) is 3.00. The Balaban J connectivity index is 1.72. The Morgan fingerprint density at radius 1 is 1.23 bits per heavy atom. The minimum absolute atomic E-state index is 0.0798. The molecule has 2 aromatic rings. The molecule has 0 radical (unpaired) electrons. The van der Waals surface area contributed by atoms with Crippen LogP contribution in [0.4, 0.5) is 0 Å². The van der Waals surface area contributed by atoms with Gasteiger partial charge in [0.15, 0.2) is 0 Å². The van der Waals surface area contributed by atoms with E-state index >= 15 is 0 Å². The first-order valence-corrected chi connectivity index (χ1v) is 9.42. The van der Waals surface area contributed by atoms with Gasteiger partial charge in [-0.2, -0.15) is 0 Å². The topological polar surface area (TPSA) is 60.3 Å². The summed E-state index contributed by atoms with van der Waals surface area (Å²) in [6, 6.07) is 11.7. The highest BCUT2D eigenvalue weighted by Gasteiger charge is 2.24. The summed E-state index contributed by atoms with van der Waals surface area (Å²) in [6.45, 7) is 3.56. The molecule has 1 aromatic carbocycles. The van der Waals surface area contributed by atoms with Crippen molar-refractivity contribution in [1.82, 2.24) is 9.88 Å². The predicted molar refractivity (Wildman–Crippen MR) is 102 cm³/mol. The van der Waals surface area contributed by atoms with Gasteiger partial charge in [-0.05, 0) is 44.6 Å². The van der Waals surface area contributed by atoms with E-state index in [-0.39, 0.29) is 11.5 Å². The molecule has 5 heteroatoms. The van der Waals surface area contributed by atoms with Crippen molar-refractivity contribution in [1.29, 1.82) is 0 Å². The Morgan fingerprint density at radius 2 is 2.04 bits per heavy atom. The number of carbonyl (C=O) groups is 1. The van der Waals surface area contributed by atoms with Crippen LogP contribution in [-0.2, 0) is 19.4 Å². The van der Waals surface area contributed by atoms with E-state index in [0.717, 1.165) is 37.8 Å². The number of amides is 1. The molecule has 0 spiro atoms. The number of hydrogen-bond donors (Lipinski definition) is 1. The minimum Gasteiger partial charge on any atom is -0.493 e. The molecule has 0 bridgehead atoms. The van der Waals surface area contributed by atoms with Crippen molar-refractivity contribution in [2.24, 2.45) is 0 Å². The Bertz CT molecular complexity index is 812. The predicted octanol–water partition coefficient (Wildman–Crippen LogP) is 2.95. The summed E-state index contributed by atoms with van der Waals surface area (Å²) >= 11 is 0. The van der Waals surface area contributed by atoms with E-state index in [1.165, 1.54) is 11.6 Å². The van der Waals surface area contributed by atoms with E-state index in [2.05, 4.69) is 17.4 Å². The van der Waals surface area contributed by atoms with Crippen LogP contribution in [0.15, 0.2) is 41.2 Å². The molecule has 1 N–H and O–H groups in total. The zero-order valence-electron chi connectivity index (χ0n) is 15.3. The van der Waals surface area contributed by atoms with Crippen molar-refractivity contribution in [3.63, 3.8) is 0 Å². The third-order valence-corrected chi connectivity index (χ3v) is 4.72. The van der Waals surface area contributed by atoms with Gasteiger partial charge in [-0.25, -0.2) is 0 Å². The van der Waals surface area contributed by atoms with Crippen molar-refractivity contribution in [3.05, 3.63) is 63.6 Å². The number of carbonyl (C=O) groups excluding carboxylic acids is 1. The summed E-state index contributed by atoms with van der Waals surface area (Å²) in [7, 11) is 0. The van der Waals surface area contributed by atoms with Gasteiger partial charge in [0.1, 0.15) is 11.3 Å². The number of ether oxygens (including phenoxy) is 1. The number of aryl methyl sites for hydroxylation is 1. The third kappa shape index (κ3) is 4.15. The lowest BCUT2D eigenvalue weighted by molar-refractivity contribution is 0.0946. The first kappa shape index (κ1) is 18.2. The van der Waals surface area contributed by atoms with Crippen LogP contribution in [0.2, 0.25) is 0 Å². The normalized spacial score (nSPS) is 13.1. The van der Waals surface area contributed by atoms with Gasteiger partial charge in [-0.1, -0.05) is 30.3 Å². The number of pyridine rings is 1. The van der Waals surface area contributed by atoms with Crippen LogP contribution in [0.25, 0.3) is 0 Å². The van der Waals surface area contributed by atoms with E-state index in [9.17, 15) is 9.59 Å². The summed E-state index contributed by atoms with van der Waals surface area (Å²) in [6.07, 6.45) is 4.49. The number of nitrogens with one attached hydrogen (secondary N) is 1. The molecule has 2 heterocycles. The molecule has 1 aromatic heterocycles. The highest BCUT2D eigenvalue weighted by molar-refractivity contribution is 5.98. The molecule has 0 aliphatic carbocycles.